The van der Waals surface area contributed by atoms with Crippen LogP contribution in [0.2, 0.25) is 0 Å². The first-order chi connectivity index (χ1) is 10.7. The van der Waals surface area contributed by atoms with E-state index in [0.29, 0.717) is 0 Å². The number of rotatable bonds is 9. The van der Waals surface area contributed by atoms with Crippen molar-refractivity contribution >= 4 is 19.3 Å². The third-order valence-corrected chi connectivity index (χ3v) is 4.97. The van der Waals surface area contributed by atoms with E-state index < -0.39 is 37.3 Å². The van der Waals surface area contributed by atoms with E-state index >= 15 is 0 Å². The van der Waals surface area contributed by atoms with E-state index in [2.05, 4.69) is 0 Å². The predicted molar refractivity (Wildman–Crippen MR) is 79.9 cm³/mol. The molecule has 0 aliphatic rings. The molecule has 0 heterocycles. The minimum Gasteiger partial charge on any atom is -0.481 e. The van der Waals surface area contributed by atoms with Crippen LogP contribution in [0, 0.1) is 0 Å². The number of ether oxygens (including phenoxy) is 1. The van der Waals surface area contributed by atoms with E-state index in [-0.39, 0.29) is 30.4 Å². The summed E-state index contributed by atoms with van der Waals surface area (Å²) in [6.45, 7) is -0.559. The minimum atomic E-state index is -3.97. The van der Waals surface area contributed by atoms with Gasteiger partial charge in [0.25, 0.3) is 0 Å². The number of aromatic carboxylic acids is 1. The number of aliphatic hydroxyl groups is 1. The van der Waals surface area contributed by atoms with Crippen LogP contribution < -0.4 is 10.5 Å². The molecule has 2 unspecified atom stereocenters. The van der Waals surface area contributed by atoms with Crippen LogP contribution in [0.15, 0.2) is 18.2 Å². The first-order valence-electron chi connectivity index (χ1n) is 6.60. The molecular formula is C13H18NO8P. The van der Waals surface area contributed by atoms with Gasteiger partial charge in [-0.1, -0.05) is 6.07 Å². The van der Waals surface area contributed by atoms with Gasteiger partial charge in [-0.3, -0.25) is 4.57 Å². The van der Waals surface area contributed by atoms with E-state index in [4.69, 9.17) is 20.7 Å². The van der Waals surface area contributed by atoms with Crippen molar-refractivity contribution in [3.05, 3.63) is 29.3 Å². The maximum atomic E-state index is 12.0. The lowest BCUT2D eigenvalue weighted by atomic mass is 10.1. The van der Waals surface area contributed by atoms with Crippen molar-refractivity contribution < 1.29 is 39.1 Å². The predicted octanol–water partition coefficient (Wildman–Crippen LogP) is 0.458. The van der Waals surface area contributed by atoms with Gasteiger partial charge in [0.05, 0.1) is 0 Å². The number of carbonyl (C=O) groups is 2. The van der Waals surface area contributed by atoms with E-state index in [1.54, 1.807) is 0 Å². The SMILES string of the molecule is NCCCP(=O)(O)C(O)c1ccc(OCC(=O)O)c(C(=O)O)c1. The van der Waals surface area contributed by atoms with Gasteiger partial charge in [0.2, 0.25) is 7.37 Å². The average Bonchev–Trinajstić information content (AvgIpc) is 2.49. The highest BCUT2D eigenvalue weighted by atomic mass is 31.2. The summed E-state index contributed by atoms with van der Waals surface area (Å²) in [5, 5.41) is 27.7. The van der Waals surface area contributed by atoms with Gasteiger partial charge in [0.15, 0.2) is 12.5 Å². The largest absolute Gasteiger partial charge is 0.481 e. The fourth-order valence-corrected chi connectivity index (χ4v) is 3.32. The molecule has 1 aromatic carbocycles. The van der Waals surface area contributed by atoms with E-state index in [0.717, 1.165) is 12.1 Å². The summed E-state index contributed by atoms with van der Waals surface area (Å²) in [5.41, 5.74) is 4.77. The molecule has 0 fully saturated rings. The number of carboxylic acids is 2. The molecule has 1 rings (SSSR count). The van der Waals surface area contributed by atoms with Crippen LogP contribution in [0.1, 0.15) is 28.2 Å². The molecule has 9 nitrogen and oxygen atoms in total. The number of benzene rings is 1. The molecule has 0 aliphatic carbocycles. The van der Waals surface area contributed by atoms with Crippen molar-refractivity contribution in [3.8, 4) is 5.75 Å². The van der Waals surface area contributed by atoms with Crippen LogP contribution in [-0.2, 0) is 9.36 Å². The molecule has 2 atom stereocenters. The van der Waals surface area contributed by atoms with Crippen molar-refractivity contribution in [1.82, 2.24) is 0 Å². The molecule has 6 N–H and O–H groups in total. The zero-order chi connectivity index (χ0) is 17.6. The van der Waals surface area contributed by atoms with Crippen molar-refractivity contribution in [2.75, 3.05) is 19.3 Å². The molecule has 128 valence electrons. The van der Waals surface area contributed by atoms with Crippen molar-refractivity contribution in [2.24, 2.45) is 5.73 Å². The Balaban J connectivity index is 3.09. The van der Waals surface area contributed by atoms with Gasteiger partial charge >= 0.3 is 11.9 Å². The molecule has 0 aliphatic heterocycles. The highest BCUT2D eigenvalue weighted by molar-refractivity contribution is 7.58. The van der Waals surface area contributed by atoms with E-state index in [9.17, 15) is 24.2 Å². The van der Waals surface area contributed by atoms with Crippen molar-refractivity contribution in [1.29, 1.82) is 0 Å². The zero-order valence-corrected chi connectivity index (χ0v) is 13.0. The number of aliphatic carboxylic acids is 1. The van der Waals surface area contributed by atoms with Crippen LogP contribution in [0.3, 0.4) is 0 Å². The maximum Gasteiger partial charge on any atom is 0.341 e. The molecule has 0 saturated carbocycles. The van der Waals surface area contributed by atoms with Crippen LogP contribution in [-0.4, -0.2) is 51.5 Å². The first-order valence-corrected chi connectivity index (χ1v) is 8.52. The highest BCUT2D eigenvalue weighted by Gasteiger charge is 2.31. The molecule has 0 saturated heterocycles. The molecule has 0 amide bonds. The lowest BCUT2D eigenvalue weighted by Gasteiger charge is -2.19. The molecule has 0 aromatic heterocycles. The summed E-state index contributed by atoms with van der Waals surface area (Å²) < 4.78 is 16.9. The Kier molecular flexibility index (Phi) is 6.71. The van der Waals surface area contributed by atoms with E-state index in [1.165, 1.54) is 6.07 Å². The van der Waals surface area contributed by atoms with Crippen LogP contribution in [0.5, 0.6) is 5.75 Å². The van der Waals surface area contributed by atoms with Gasteiger partial charge in [-0.2, -0.15) is 0 Å². The Morgan fingerprint density at radius 3 is 2.48 bits per heavy atom. The van der Waals surface area contributed by atoms with Crippen molar-refractivity contribution in [3.63, 3.8) is 0 Å². The summed E-state index contributed by atoms with van der Waals surface area (Å²) in [6, 6.07) is 3.32. The molecule has 0 radical (unpaired) electrons. The van der Waals surface area contributed by atoms with Gasteiger partial charge in [-0.15, -0.1) is 0 Å². The lowest BCUT2D eigenvalue weighted by molar-refractivity contribution is -0.139. The highest BCUT2D eigenvalue weighted by Crippen LogP contribution is 2.54. The third kappa shape index (κ3) is 5.33. The second-order valence-corrected chi connectivity index (χ2v) is 7.19. The second-order valence-electron chi connectivity index (χ2n) is 4.74. The number of carboxylic acid groups (broad SMARTS) is 2. The van der Waals surface area contributed by atoms with Gasteiger partial charge in [0, 0.05) is 6.16 Å². The molecule has 10 heteroatoms. The fourth-order valence-electron chi connectivity index (χ4n) is 1.81. The molecule has 23 heavy (non-hydrogen) atoms. The number of hydrogen-bond donors (Lipinski definition) is 5. The number of nitrogens with two attached hydrogens (primary N) is 1. The Hall–Kier alpha value is -1.93. The Bertz CT molecular complexity index is 632. The van der Waals surface area contributed by atoms with Crippen LogP contribution in [0.25, 0.3) is 0 Å². The Labute approximate surface area is 131 Å². The lowest BCUT2D eigenvalue weighted by Crippen LogP contribution is -2.13. The van der Waals surface area contributed by atoms with Crippen LogP contribution in [0.4, 0.5) is 0 Å². The molecule has 1 aromatic rings. The van der Waals surface area contributed by atoms with Gasteiger partial charge < -0.3 is 30.7 Å². The summed E-state index contributed by atoms with van der Waals surface area (Å²) in [7, 11) is -3.97. The number of aliphatic hydroxyl groups excluding tert-OH is 1. The summed E-state index contributed by atoms with van der Waals surface area (Å²) >= 11 is 0. The Morgan fingerprint density at radius 1 is 1.30 bits per heavy atom. The maximum absolute atomic E-state index is 12.0. The van der Waals surface area contributed by atoms with Crippen LogP contribution >= 0.6 is 7.37 Å². The third-order valence-electron chi connectivity index (χ3n) is 2.95. The average molecular weight is 347 g/mol. The first kappa shape index (κ1) is 19.1. The van der Waals surface area contributed by atoms with Gasteiger partial charge in [-0.05, 0) is 30.7 Å². The summed E-state index contributed by atoms with van der Waals surface area (Å²) in [6.07, 6.45) is 0.0285. The second kappa shape index (κ2) is 8.07. The standard InChI is InChI=1S/C13H18NO8P/c14-4-1-5-23(20,21)13(19)8-2-3-10(22-7-11(15)16)9(6-8)12(17)18/h2-3,6,13,19H,1,4-5,7,14H2,(H,15,16)(H,17,18)(H,20,21). The normalized spacial score (nSPS) is 14.7. The molecular weight excluding hydrogens is 329 g/mol. The van der Waals surface area contributed by atoms with Crippen molar-refractivity contribution in [2.45, 2.75) is 12.3 Å². The fraction of sp³-hybridized carbons (Fsp3) is 0.385. The monoisotopic (exact) mass is 347 g/mol. The summed E-state index contributed by atoms with van der Waals surface area (Å²) in [5.74, 6) is -4.69. The minimum absolute atomic E-state index is 0.0760. The molecule has 0 bridgehead atoms. The smallest absolute Gasteiger partial charge is 0.341 e. The van der Waals surface area contributed by atoms with Gasteiger partial charge in [0.1, 0.15) is 11.3 Å². The quantitative estimate of drug-likeness (QED) is 0.398. The topological polar surface area (TPSA) is 167 Å². The summed E-state index contributed by atoms with van der Waals surface area (Å²) in [4.78, 5) is 31.5. The van der Waals surface area contributed by atoms with E-state index in [1.807, 2.05) is 0 Å². The van der Waals surface area contributed by atoms with Gasteiger partial charge in [-0.25, -0.2) is 9.59 Å². The number of hydrogen-bond acceptors (Lipinski definition) is 6. The zero-order valence-electron chi connectivity index (χ0n) is 12.1. The Morgan fingerprint density at radius 2 is 1.96 bits per heavy atom. The molecule has 0 spiro atoms.